The van der Waals surface area contributed by atoms with Crippen LogP contribution in [-0.2, 0) is 31.1 Å². The summed E-state index contributed by atoms with van der Waals surface area (Å²) in [5.41, 5.74) is 2.14. The molecule has 0 unspecified atom stereocenters. The highest BCUT2D eigenvalue weighted by molar-refractivity contribution is 5.95. The molecule has 4 aromatic carbocycles. The van der Waals surface area contributed by atoms with E-state index in [1.807, 2.05) is 84.9 Å². The van der Waals surface area contributed by atoms with E-state index >= 15 is 0 Å². The number of nitrogens with one attached hydrogen (secondary N) is 2. The first kappa shape index (κ1) is 36.0. The standard InChI is InChI=1S/C40H40N4O8/c1-48-30-17-13-28(14-18-30)40(27-9-5-3-6-10-27,29-15-19-31(49-2)20-16-29)51-23-36-35(46)22-33(52-36)21-34-38(43-26-45)39(42-25-41-34)44-37(47)24-50-32-11-7-4-8-12-32/h3-20,25-26,33,35-36,46H,21-24H2,1-2H3,(H,43,45)(H,41,42,44,47)/t33-,35+,36-/m1/s1. The van der Waals surface area contributed by atoms with E-state index in [2.05, 4.69) is 20.6 Å². The summed E-state index contributed by atoms with van der Waals surface area (Å²) in [5.74, 6) is 1.59. The second-order valence-electron chi connectivity index (χ2n) is 12.1. The zero-order chi connectivity index (χ0) is 36.3. The molecule has 2 amide bonds. The van der Waals surface area contributed by atoms with Crippen LogP contribution in [-0.4, -0.2) is 73.1 Å². The summed E-state index contributed by atoms with van der Waals surface area (Å²) in [4.78, 5) is 32.9. The fraction of sp³-hybridized carbons (Fsp3) is 0.250. The quantitative estimate of drug-likeness (QED) is 0.0930. The van der Waals surface area contributed by atoms with Gasteiger partial charge in [-0.2, -0.15) is 0 Å². The van der Waals surface area contributed by atoms with Crippen LogP contribution in [0.1, 0.15) is 28.8 Å². The number of hydrogen-bond acceptors (Lipinski definition) is 10. The predicted octanol–water partition coefficient (Wildman–Crippen LogP) is 5.15. The number of carbonyl (C=O) groups is 2. The van der Waals surface area contributed by atoms with Crippen molar-refractivity contribution in [3.63, 3.8) is 0 Å². The van der Waals surface area contributed by atoms with Crippen molar-refractivity contribution in [2.24, 2.45) is 0 Å². The number of rotatable bonds is 16. The number of aliphatic hydroxyl groups excluding tert-OH is 1. The smallest absolute Gasteiger partial charge is 0.263 e. The number of para-hydroxylation sites is 1. The molecule has 1 aliphatic heterocycles. The normalized spacial score (nSPS) is 16.9. The molecule has 0 radical (unpaired) electrons. The Morgan fingerprint density at radius 2 is 1.44 bits per heavy atom. The minimum absolute atomic E-state index is 0.0383. The van der Waals surface area contributed by atoms with Crippen LogP contribution >= 0.6 is 0 Å². The number of hydrogen-bond donors (Lipinski definition) is 3. The Morgan fingerprint density at radius 1 is 0.846 bits per heavy atom. The van der Waals surface area contributed by atoms with Crippen LogP contribution in [0, 0.1) is 0 Å². The van der Waals surface area contributed by atoms with Gasteiger partial charge in [-0.3, -0.25) is 9.59 Å². The van der Waals surface area contributed by atoms with Crippen LogP contribution in [0.25, 0.3) is 0 Å². The lowest BCUT2D eigenvalue weighted by Gasteiger charge is -2.37. The molecule has 2 heterocycles. The molecule has 12 heteroatoms. The van der Waals surface area contributed by atoms with Crippen molar-refractivity contribution in [2.45, 2.75) is 36.8 Å². The van der Waals surface area contributed by atoms with Gasteiger partial charge in [0.25, 0.3) is 5.91 Å². The maximum absolute atomic E-state index is 12.7. The summed E-state index contributed by atoms with van der Waals surface area (Å²) < 4.78 is 29.8. The molecule has 3 N–H and O–H groups in total. The van der Waals surface area contributed by atoms with Gasteiger partial charge in [-0.1, -0.05) is 72.8 Å². The van der Waals surface area contributed by atoms with Crippen LogP contribution in [0.15, 0.2) is 116 Å². The van der Waals surface area contributed by atoms with Crippen LogP contribution in [0.4, 0.5) is 11.5 Å². The van der Waals surface area contributed by atoms with Crippen molar-refractivity contribution in [1.82, 2.24) is 9.97 Å². The second-order valence-corrected chi connectivity index (χ2v) is 12.1. The van der Waals surface area contributed by atoms with Crippen LogP contribution < -0.4 is 24.8 Å². The average Bonchev–Trinajstić information content (AvgIpc) is 3.54. The van der Waals surface area contributed by atoms with Crippen LogP contribution in [0.2, 0.25) is 0 Å². The highest BCUT2D eigenvalue weighted by Crippen LogP contribution is 2.42. The largest absolute Gasteiger partial charge is 0.497 e. The highest BCUT2D eigenvalue weighted by atomic mass is 16.6. The molecular weight excluding hydrogens is 664 g/mol. The molecule has 52 heavy (non-hydrogen) atoms. The number of amides is 2. The Bertz CT molecular complexity index is 1860. The summed E-state index contributed by atoms with van der Waals surface area (Å²) in [5, 5.41) is 16.6. The third-order valence-electron chi connectivity index (χ3n) is 8.86. The van der Waals surface area contributed by atoms with Gasteiger partial charge in [-0.05, 0) is 53.1 Å². The second kappa shape index (κ2) is 16.9. The van der Waals surface area contributed by atoms with E-state index in [4.69, 9.17) is 23.7 Å². The maximum atomic E-state index is 12.7. The molecule has 12 nitrogen and oxygen atoms in total. The fourth-order valence-corrected chi connectivity index (χ4v) is 6.31. The lowest BCUT2D eigenvalue weighted by Crippen LogP contribution is -2.38. The summed E-state index contributed by atoms with van der Waals surface area (Å²) >= 11 is 0. The van der Waals surface area contributed by atoms with Crippen molar-refractivity contribution in [3.05, 3.63) is 138 Å². The maximum Gasteiger partial charge on any atom is 0.263 e. The van der Waals surface area contributed by atoms with Crippen molar-refractivity contribution in [1.29, 1.82) is 0 Å². The number of aliphatic hydroxyl groups is 1. The van der Waals surface area contributed by atoms with E-state index in [0.29, 0.717) is 29.4 Å². The molecule has 1 fully saturated rings. The van der Waals surface area contributed by atoms with Crippen molar-refractivity contribution < 1.29 is 38.4 Å². The summed E-state index contributed by atoms with van der Waals surface area (Å²) in [6.45, 7) is -0.225. The van der Waals surface area contributed by atoms with E-state index in [1.165, 1.54) is 6.33 Å². The van der Waals surface area contributed by atoms with E-state index in [-0.39, 0.29) is 37.6 Å². The Labute approximate surface area is 301 Å². The SMILES string of the molecule is COc1ccc(C(OC[C@H]2O[C@H](Cc3ncnc(NC(=O)COc4ccccc4)c3NC=O)C[C@@H]2O)(c2ccccc2)c2ccc(OC)cc2)cc1. The Kier molecular flexibility index (Phi) is 11.7. The van der Waals surface area contributed by atoms with Gasteiger partial charge in [0.05, 0.1) is 38.7 Å². The van der Waals surface area contributed by atoms with E-state index < -0.39 is 29.8 Å². The number of benzene rings is 4. The minimum Gasteiger partial charge on any atom is -0.497 e. The molecule has 3 atom stereocenters. The molecular formula is C40H40N4O8. The number of anilines is 2. The third-order valence-corrected chi connectivity index (χ3v) is 8.86. The zero-order valence-electron chi connectivity index (χ0n) is 28.8. The Balaban J connectivity index is 1.21. The number of nitrogens with zero attached hydrogens (tertiary/aromatic N) is 2. The molecule has 1 saturated heterocycles. The first-order chi connectivity index (χ1) is 25.4. The molecule has 0 spiro atoms. The van der Waals surface area contributed by atoms with Gasteiger partial charge in [0.1, 0.15) is 41.0 Å². The Morgan fingerprint density at radius 3 is 2.04 bits per heavy atom. The Hall–Kier alpha value is -5.82. The van der Waals surface area contributed by atoms with Gasteiger partial charge in [-0.15, -0.1) is 0 Å². The molecule has 0 aliphatic carbocycles. The highest BCUT2D eigenvalue weighted by Gasteiger charge is 2.42. The van der Waals surface area contributed by atoms with Crippen molar-refractivity contribution >= 4 is 23.8 Å². The zero-order valence-corrected chi connectivity index (χ0v) is 28.8. The molecule has 6 rings (SSSR count). The van der Waals surface area contributed by atoms with Gasteiger partial charge >= 0.3 is 0 Å². The molecule has 0 bridgehead atoms. The molecule has 0 saturated carbocycles. The van der Waals surface area contributed by atoms with Gasteiger partial charge in [0.15, 0.2) is 12.4 Å². The first-order valence-corrected chi connectivity index (χ1v) is 16.8. The van der Waals surface area contributed by atoms with Gasteiger partial charge in [0.2, 0.25) is 6.41 Å². The summed E-state index contributed by atoms with van der Waals surface area (Å²) in [6.07, 6.45) is 0.255. The monoisotopic (exact) mass is 704 g/mol. The molecule has 1 aromatic heterocycles. The van der Waals surface area contributed by atoms with Crippen LogP contribution in [0.5, 0.6) is 17.2 Å². The summed E-state index contributed by atoms with van der Waals surface area (Å²) in [7, 11) is 3.24. The van der Waals surface area contributed by atoms with E-state index in [1.54, 1.807) is 38.5 Å². The molecule has 268 valence electrons. The number of methoxy groups -OCH3 is 2. The lowest BCUT2D eigenvalue weighted by atomic mass is 9.80. The van der Waals surface area contributed by atoms with E-state index in [0.717, 1.165) is 16.7 Å². The van der Waals surface area contributed by atoms with Crippen molar-refractivity contribution in [3.8, 4) is 17.2 Å². The third kappa shape index (κ3) is 8.21. The van der Waals surface area contributed by atoms with Gasteiger partial charge in [0, 0.05) is 12.8 Å². The van der Waals surface area contributed by atoms with Gasteiger partial charge < -0.3 is 39.4 Å². The lowest BCUT2D eigenvalue weighted by molar-refractivity contribution is -0.118. The topological polar surface area (TPSA) is 150 Å². The molecule has 1 aliphatic rings. The van der Waals surface area contributed by atoms with Crippen molar-refractivity contribution in [2.75, 3.05) is 38.1 Å². The van der Waals surface area contributed by atoms with Crippen LogP contribution in [0.3, 0.4) is 0 Å². The van der Waals surface area contributed by atoms with Gasteiger partial charge in [-0.25, -0.2) is 9.97 Å². The summed E-state index contributed by atoms with van der Waals surface area (Å²) in [6, 6.07) is 34.2. The predicted molar refractivity (Wildman–Crippen MR) is 194 cm³/mol. The number of ether oxygens (including phenoxy) is 5. The number of aromatic nitrogens is 2. The number of carbonyl (C=O) groups excluding carboxylic acids is 2. The fourth-order valence-electron chi connectivity index (χ4n) is 6.31. The average molecular weight is 705 g/mol. The van der Waals surface area contributed by atoms with E-state index in [9.17, 15) is 14.7 Å². The molecule has 5 aromatic rings. The minimum atomic E-state index is -1.09. The first-order valence-electron chi connectivity index (χ1n) is 16.8.